The Bertz CT molecular complexity index is 1270. The Morgan fingerprint density at radius 2 is 1.76 bits per heavy atom. The lowest BCUT2D eigenvalue weighted by molar-refractivity contribution is -0.113. The number of anilines is 1. The van der Waals surface area contributed by atoms with Crippen molar-refractivity contribution in [1.29, 1.82) is 0 Å². The Morgan fingerprint density at radius 3 is 2.45 bits per heavy atom. The van der Waals surface area contributed by atoms with Crippen LogP contribution in [0.25, 0.3) is 5.69 Å². The van der Waals surface area contributed by atoms with Crippen LogP contribution in [0.15, 0.2) is 59.8 Å². The van der Waals surface area contributed by atoms with Gasteiger partial charge in [0.05, 0.1) is 22.8 Å². The minimum Gasteiger partial charge on any atom is -0.485 e. The van der Waals surface area contributed by atoms with Crippen LogP contribution >= 0.6 is 11.8 Å². The van der Waals surface area contributed by atoms with Crippen molar-refractivity contribution in [1.82, 2.24) is 24.5 Å². The molecule has 2 heterocycles. The second-order valence-electron chi connectivity index (χ2n) is 7.63. The van der Waals surface area contributed by atoms with E-state index < -0.39 is 0 Å². The molecule has 0 radical (unpaired) electrons. The van der Waals surface area contributed by atoms with Gasteiger partial charge in [0.2, 0.25) is 5.91 Å². The summed E-state index contributed by atoms with van der Waals surface area (Å²) >= 11 is 1.33. The van der Waals surface area contributed by atoms with E-state index in [4.69, 9.17) is 4.74 Å². The molecule has 0 aliphatic carbocycles. The Morgan fingerprint density at radius 1 is 1.03 bits per heavy atom. The number of nitrogens with one attached hydrogen (secondary N) is 1. The normalized spacial score (nSPS) is 10.9. The molecule has 2 aromatic carbocycles. The van der Waals surface area contributed by atoms with Gasteiger partial charge in [0.25, 0.3) is 0 Å². The van der Waals surface area contributed by atoms with Crippen molar-refractivity contribution in [3.8, 4) is 11.4 Å². The van der Waals surface area contributed by atoms with Gasteiger partial charge in [0.15, 0.2) is 11.0 Å². The van der Waals surface area contributed by atoms with Crippen LogP contribution in [-0.2, 0) is 18.4 Å². The van der Waals surface area contributed by atoms with Crippen LogP contribution in [0, 0.1) is 20.8 Å². The summed E-state index contributed by atoms with van der Waals surface area (Å²) in [5.74, 6) is 1.53. The number of para-hydroxylation sites is 2. The highest BCUT2D eigenvalue weighted by atomic mass is 32.2. The van der Waals surface area contributed by atoms with Crippen LogP contribution in [0.5, 0.6) is 5.75 Å². The maximum absolute atomic E-state index is 12.7. The van der Waals surface area contributed by atoms with E-state index in [0.717, 1.165) is 34.1 Å². The van der Waals surface area contributed by atoms with Gasteiger partial charge in [-0.3, -0.25) is 14.0 Å². The summed E-state index contributed by atoms with van der Waals surface area (Å²) in [6, 6.07) is 17.7. The van der Waals surface area contributed by atoms with Gasteiger partial charge in [0, 0.05) is 12.7 Å². The van der Waals surface area contributed by atoms with Crippen LogP contribution in [0.3, 0.4) is 0 Å². The molecule has 0 saturated heterocycles. The highest BCUT2D eigenvalue weighted by molar-refractivity contribution is 7.99. The van der Waals surface area contributed by atoms with Gasteiger partial charge >= 0.3 is 0 Å². The molecular weight excluding hydrogens is 436 g/mol. The summed E-state index contributed by atoms with van der Waals surface area (Å²) in [7, 11) is 1.86. The molecule has 2 aromatic heterocycles. The summed E-state index contributed by atoms with van der Waals surface area (Å²) in [6.45, 7) is 6.06. The van der Waals surface area contributed by atoms with E-state index in [9.17, 15) is 4.79 Å². The molecule has 0 atom stereocenters. The lowest BCUT2D eigenvalue weighted by atomic mass is 10.2. The van der Waals surface area contributed by atoms with E-state index in [1.54, 1.807) is 4.68 Å². The van der Waals surface area contributed by atoms with Gasteiger partial charge in [-0.15, -0.1) is 10.2 Å². The quantitative estimate of drug-likeness (QED) is 0.394. The van der Waals surface area contributed by atoms with Crippen LogP contribution in [-0.4, -0.2) is 36.2 Å². The highest BCUT2D eigenvalue weighted by Crippen LogP contribution is 2.25. The number of ether oxygens (including phenoxy) is 1. The first-order valence-electron chi connectivity index (χ1n) is 10.5. The predicted octanol–water partition coefficient (Wildman–Crippen LogP) is 4.24. The Labute approximate surface area is 197 Å². The molecule has 33 heavy (non-hydrogen) atoms. The monoisotopic (exact) mass is 462 g/mol. The SMILES string of the molecule is Cc1ccccc1OCc1nnc(SCC(=O)Nc2c(C)nn(C)c2C)n1-c1ccccc1. The first-order chi connectivity index (χ1) is 15.9. The fraction of sp³-hybridized carbons (Fsp3) is 0.250. The number of benzene rings is 2. The summed E-state index contributed by atoms with van der Waals surface area (Å²) < 4.78 is 9.69. The van der Waals surface area contributed by atoms with Crippen molar-refractivity contribution in [2.24, 2.45) is 7.05 Å². The van der Waals surface area contributed by atoms with Crippen molar-refractivity contribution >= 4 is 23.4 Å². The molecule has 8 nitrogen and oxygen atoms in total. The molecular formula is C24H26N6O2S. The Hall–Kier alpha value is -3.59. The smallest absolute Gasteiger partial charge is 0.234 e. The van der Waals surface area contributed by atoms with Gasteiger partial charge in [-0.25, -0.2) is 0 Å². The largest absolute Gasteiger partial charge is 0.485 e. The predicted molar refractivity (Wildman–Crippen MR) is 129 cm³/mol. The number of hydrogen-bond acceptors (Lipinski definition) is 6. The molecule has 0 saturated carbocycles. The highest BCUT2D eigenvalue weighted by Gasteiger charge is 2.18. The van der Waals surface area contributed by atoms with E-state index in [0.29, 0.717) is 11.0 Å². The standard InChI is InChI=1S/C24H26N6O2S/c1-16-10-8-9-13-20(16)32-14-21-26-27-24(30(21)19-11-6-5-7-12-19)33-15-22(31)25-23-17(2)28-29(4)18(23)3/h5-13H,14-15H2,1-4H3,(H,25,31). The van der Waals surface area contributed by atoms with Crippen molar-refractivity contribution < 1.29 is 9.53 Å². The number of nitrogens with zero attached hydrogens (tertiary/aromatic N) is 5. The fourth-order valence-electron chi connectivity index (χ4n) is 3.44. The molecule has 4 aromatic rings. The van der Waals surface area contributed by atoms with E-state index in [2.05, 4.69) is 20.6 Å². The van der Waals surface area contributed by atoms with E-state index >= 15 is 0 Å². The second-order valence-corrected chi connectivity index (χ2v) is 8.57. The summed E-state index contributed by atoms with van der Waals surface area (Å²) in [5.41, 5.74) is 4.41. The van der Waals surface area contributed by atoms with Gasteiger partial charge in [0.1, 0.15) is 12.4 Å². The lowest BCUT2D eigenvalue weighted by Gasteiger charge is -2.12. The number of aryl methyl sites for hydroxylation is 3. The topological polar surface area (TPSA) is 86.9 Å². The molecule has 0 spiro atoms. The number of aromatic nitrogens is 5. The van der Waals surface area contributed by atoms with Gasteiger partial charge < -0.3 is 10.1 Å². The molecule has 0 aliphatic rings. The summed E-state index contributed by atoms with van der Waals surface area (Å²) in [6.07, 6.45) is 0. The molecule has 0 unspecified atom stereocenters. The zero-order valence-corrected chi connectivity index (χ0v) is 19.9. The maximum Gasteiger partial charge on any atom is 0.234 e. The van der Waals surface area contributed by atoms with Crippen molar-refractivity contribution in [2.75, 3.05) is 11.1 Å². The Kier molecular flexibility index (Phi) is 6.79. The number of thioether (sulfide) groups is 1. The zero-order chi connectivity index (χ0) is 23.4. The Balaban J connectivity index is 1.51. The number of carbonyl (C=O) groups excluding carboxylic acids is 1. The third kappa shape index (κ3) is 5.09. The minimum atomic E-state index is -0.125. The fourth-order valence-corrected chi connectivity index (χ4v) is 4.22. The maximum atomic E-state index is 12.7. The molecule has 0 bridgehead atoms. The van der Waals surface area contributed by atoms with Crippen molar-refractivity contribution in [3.63, 3.8) is 0 Å². The van der Waals surface area contributed by atoms with Gasteiger partial charge in [-0.2, -0.15) is 5.10 Å². The number of amides is 1. The molecule has 1 N–H and O–H groups in total. The molecule has 1 amide bonds. The minimum absolute atomic E-state index is 0.125. The lowest BCUT2D eigenvalue weighted by Crippen LogP contribution is -2.16. The van der Waals surface area contributed by atoms with Crippen molar-refractivity contribution in [3.05, 3.63) is 77.4 Å². The van der Waals surface area contributed by atoms with Crippen LogP contribution in [0.1, 0.15) is 22.8 Å². The molecule has 0 aliphatic heterocycles. The molecule has 0 fully saturated rings. The van der Waals surface area contributed by atoms with Crippen LogP contribution < -0.4 is 10.1 Å². The van der Waals surface area contributed by atoms with Gasteiger partial charge in [-0.05, 0) is 44.5 Å². The van der Waals surface area contributed by atoms with E-state index in [1.807, 2.05) is 87.0 Å². The first kappa shape index (κ1) is 22.6. The second kappa shape index (κ2) is 9.91. The van der Waals surface area contributed by atoms with Crippen LogP contribution in [0.2, 0.25) is 0 Å². The molecule has 170 valence electrons. The third-order valence-corrected chi connectivity index (χ3v) is 6.20. The first-order valence-corrected chi connectivity index (χ1v) is 11.5. The van der Waals surface area contributed by atoms with Gasteiger partial charge in [-0.1, -0.05) is 48.2 Å². The third-order valence-electron chi connectivity index (χ3n) is 5.27. The number of rotatable bonds is 8. The van der Waals surface area contributed by atoms with E-state index in [1.165, 1.54) is 11.8 Å². The van der Waals surface area contributed by atoms with E-state index in [-0.39, 0.29) is 18.3 Å². The zero-order valence-electron chi connectivity index (χ0n) is 19.1. The molecule has 4 rings (SSSR count). The van der Waals surface area contributed by atoms with Crippen LogP contribution in [0.4, 0.5) is 5.69 Å². The average molecular weight is 463 g/mol. The molecule has 9 heteroatoms. The summed E-state index contributed by atoms with van der Waals surface area (Å²) in [4.78, 5) is 12.7. The van der Waals surface area contributed by atoms with Crippen molar-refractivity contribution in [2.45, 2.75) is 32.5 Å². The average Bonchev–Trinajstić information content (AvgIpc) is 3.33. The number of hydrogen-bond donors (Lipinski definition) is 1. The number of carbonyl (C=O) groups is 1. The summed E-state index contributed by atoms with van der Waals surface area (Å²) in [5, 5.41) is 16.6.